The number of hydrogen-bond acceptors (Lipinski definition) is 2. The van der Waals surface area contributed by atoms with E-state index < -0.39 is 0 Å². The Morgan fingerprint density at radius 2 is 0.812 bits per heavy atom. The van der Waals surface area contributed by atoms with E-state index in [1.54, 1.807) is 0 Å². The number of furan rings is 1. The van der Waals surface area contributed by atoms with Gasteiger partial charge >= 0.3 is 0 Å². The van der Waals surface area contributed by atoms with Crippen molar-refractivity contribution in [2.75, 3.05) is 0 Å². The van der Waals surface area contributed by atoms with Crippen LogP contribution in [0.1, 0.15) is 0 Å². The summed E-state index contributed by atoms with van der Waals surface area (Å²) in [6, 6.07) is 61.2. The second kappa shape index (κ2) is 10.8. The molecule has 48 heavy (non-hydrogen) atoms. The Bertz CT molecular complexity index is 2750. The van der Waals surface area contributed by atoms with Crippen LogP contribution in [0.5, 0.6) is 0 Å². The van der Waals surface area contributed by atoms with Crippen LogP contribution in [0.3, 0.4) is 0 Å². The Hall–Kier alpha value is -5.96. The van der Waals surface area contributed by atoms with Gasteiger partial charge in [-0.2, -0.15) is 0 Å². The first-order valence-corrected chi connectivity index (χ1v) is 17.2. The fraction of sp³-hybridized carbons (Fsp3) is 0. The van der Waals surface area contributed by atoms with E-state index in [0.717, 1.165) is 33.4 Å². The Morgan fingerprint density at radius 3 is 1.40 bits per heavy atom. The molecule has 0 atom stereocenters. The highest BCUT2D eigenvalue weighted by Gasteiger charge is 2.22. The van der Waals surface area contributed by atoms with E-state index in [9.17, 15) is 0 Å². The molecule has 0 aliphatic rings. The third-order valence-electron chi connectivity index (χ3n) is 9.67. The van der Waals surface area contributed by atoms with Gasteiger partial charge in [0.05, 0.1) is 0 Å². The van der Waals surface area contributed by atoms with Gasteiger partial charge in [-0.05, 0) is 67.6 Å². The number of thiophene rings is 1. The molecular weight excluding hydrogens is 601 g/mol. The summed E-state index contributed by atoms with van der Waals surface area (Å²) in [5.74, 6) is 0.914. The lowest BCUT2D eigenvalue weighted by molar-refractivity contribution is 0.636. The fourth-order valence-electron chi connectivity index (χ4n) is 7.61. The molecule has 224 valence electrons. The van der Waals surface area contributed by atoms with Crippen molar-refractivity contribution in [1.29, 1.82) is 0 Å². The van der Waals surface area contributed by atoms with Gasteiger partial charge in [0, 0.05) is 36.7 Å². The minimum absolute atomic E-state index is 0.914. The van der Waals surface area contributed by atoms with Gasteiger partial charge in [-0.3, -0.25) is 0 Å². The average Bonchev–Trinajstić information content (AvgIpc) is 3.73. The van der Waals surface area contributed by atoms with E-state index in [2.05, 4.69) is 170 Å². The molecular formula is C46H28OS. The van der Waals surface area contributed by atoms with Crippen molar-refractivity contribution in [2.24, 2.45) is 0 Å². The van der Waals surface area contributed by atoms with Gasteiger partial charge < -0.3 is 4.42 Å². The van der Waals surface area contributed by atoms with E-state index in [0.29, 0.717) is 0 Å². The summed E-state index contributed by atoms with van der Waals surface area (Å²) in [6.07, 6.45) is 0. The molecule has 0 bridgehead atoms. The topological polar surface area (TPSA) is 13.1 Å². The van der Waals surface area contributed by atoms with Crippen LogP contribution in [0.2, 0.25) is 0 Å². The number of benzene rings is 8. The van der Waals surface area contributed by atoms with Gasteiger partial charge in [-0.15, -0.1) is 11.3 Å². The normalized spacial score (nSPS) is 11.8. The first-order chi connectivity index (χ1) is 23.8. The van der Waals surface area contributed by atoms with E-state index in [1.165, 1.54) is 64.0 Å². The lowest BCUT2D eigenvalue weighted by atomic mass is 9.86. The fourth-order valence-corrected chi connectivity index (χ4v) is 8.75. The first-order valence-electron chi connectivity index (χ1n) is 16.4. The zero-order valence-electron chi connectivity index (χ0n) is 26.0. The number of rotatable bonds is 4. The van der Waals surface area contributed by atoms with Gasteiger partial charge in [-0.25, -0.2) is 0 Å². The molecule has 0 saturated carbocycles. The number of fused-ring (bicyclic) bond motifs is 7. The summed E-state index contributed by atoms with van der Waals surface area (Å²) < 4.78 is 9.40. The lowest BCUT2D eigenvalue weighted by Gasteiger charge is -2.17. The van der Waals surface area contributed by atoms with Gasteiger partial charge in [-0.1, -0.05) is 152 Å². The standard InChI is InChI=1S/C46H28OS/c1-4-14-29(15-5-1)41-33-20-10-12-22-35(33)42(36-23-13-11-21-34(36)41)32-24-25-37-40(28-32)48-39-27-26-38-43(30-16-6-2-7-17-30)45(47-46(38)44(37)39)31-18-8-3-9-19-31/h1-28H. The van der Waals surface area contributed by atoms with Crippen LogP contribution in [0.4, 0.5) is 0 Å². The zero-order chi connectivity index (χ0) is 31.6. The molecule has 0 radical (unpaired) electrons. The van der Waals surface area contributed by atoms with E-state index in [1.807, 2.05) is 11.3 Å². The predicted molar refractivity (Wildman–Crippen MR) is 206 cm³/mol. The summed E-state index contributed by atoms with van der Waals surface area (Å²) in [6.45, 7) is 0. The van der Waals surface area contributed by atoms with Crippen molar-refractivity contribution in [3.63, 3.8) is 0 Å². The van der Waals surface area contributed by atoms with Crippen LogP contribution >= 0.6 is 11.3 Å². The maximum absolute atomic E-state index is 6.91. The summed E-state index contributed by atoms with van der Waals surface area (Å²) in [5.41, 5.74) is 9.38. The Labute approximate surface area is 282 Å². The maximum atomic E-state index is 6.91. The molecule has 1 nitrogen and oxygen atoms in total. The highest BCUT2D eigenvalue weighted by molar-refractivity contribution is 7.26. The predicted octanol–water partition coefficient (Wildman–Crippen LogP) is 13.8. The van der Waals surface area contributed by atoms with Crippen molar-refractivity contribution in [3.8, 4) is 44.7 Å². The van der Waals surface area contributed by atoms with Crippen molar-refractivity contribution in [3.05, 3.63) is 170 Å². The molecule has 8 aromatic carbocycles. The molecule has 0 aliphatic heterocycles. The molecule has 10 aromatic rings. The molecule has 0 saturated heterocycles. The molecule has 0 spiro atoms. The van der Waals surface area contributed by atoms with Crippen LogP contribution in [0.25, 0.3) is 97.4 Å². The SMILES string of the molecule is c1ccc(-c2oc3c(ccc4sc5cc(-c6c7ccccc7c(-c7ccccc7)c7ccccc67)ccc5c43)c2-c2ccccc2)cc1. The highest BCUT2D eigenvalue weighted by Crippen LogP contribution is 2.49. The minimum atomic E-state index is 0.914. The third-order valence-corrected chi connectivity index (χ3v) is 10.8. The van der Waals surface area contributed by atoms with Gasteiger partial charge in [0.1, 0.15) is 11.3 Å². The molecule has 2 heterocycles. The van der Waals surface area contributed by atoms with Crippen LogP contribution in [0.15, 0.2) is 174 Å². The summed E-state index contributed by atoms with van der Waals surface area (Å²) in [5, 5.41) is 8.64. The van der Waals surface area contributed by atoms with Gasteiger partial charge in [0.25, 0.3) is 0 Å². The molecule has 0 unspecified atom stereocenters. The molecule has 2 heteroatoms. The van der Waals surface area contributed by atoms with Crippen molar-refractivity contribution in [1.82, 2.24) is 0 Å². The molecule has 10 rings (SSSR count). The molecule has 2 aromatic heterocycles. The van der Waals surface area contributed by atoms with Crippen molar-refractivity contribution < 1.29 is 4.42 Å². The molecule has 0 aliphatic carbocycles. The van der Waals surface area contributed by atoms with E-state index in [4.69, 9.17) is 4.42 Å². The Morgan fingerprint density at radius 1 is 0.333 bits per heavy atom. The average molecular weight is 629 g/mol. The summed E-state index contributed by atoms with van der Waals surface area (Å²) >= 11 is 1.84. The third kappa shape index (κ3) is 4.10. The molecule has 0 amide bonds. The second-order valence-corrected chi connectivity index (χ2v) is 13.5. The lowest BCUT2D eigenvalue weighted by Crippen LogP contribution is -1.90. The number of hydrogen-bond donors (Lipinski definition) is 0. The van der Waals surface area contributed by atoms with Crippen molar-refractivity contribution in [2.45, 2.75) is 0 Å². The Balaban J connectivity index is 1.24. The maximum Gasteiger partial charge on any atom is 0.144 e. The molecule has 0 fully saturated rings. The van der Waals surface area contributed by atoms with Gasteiger partial charge in [0.2, 0.25) is 0 Å². The smallest absolute Gasteiger partial charge is 0.144 e. The van der Waals surface area contributed by atoms with Crippen LogP contribution < -0.4 is 0 Å². The van der Waals surface area contributed by atoms with Crippen molar-refractivity contribution >= 4 is 64.0 Å². The minimum Gasteiger partial charge on any atom is -0.455 e. The van der Waals surface area contributed by atoms with Gasteiger partial charge in [0.15, 0.2) is 0 Å². The molecule has 0 N–H and O–H groups in total. The highest BCUT2D eigenvalue weighted by atomic mass is 32.1. The van der Waals surface area contributed by atoms with Crippen LogP contribution in [0, 0.1) is 0 Å². The largest absolute Gasteiger partial charge is 0.455 e. The first kappa shape index (κ1) is 27.2. The van der Waals surface area contributed by atoms with E-state index >= 15 is 0 Å². The van der Waals surface area contributed by atoms with Crippen LogP contribution in [-0.4, -0.2) is 0 Å². The summed E-state index contributed by atoms with van der Waals surface area (Å²) in [4.78, 5) is 0. The second-order valence-electron chi connectivity index (χ2n) is 12.4. The van der Waals surface area contributed by atoms with E-state index in [-0.39, 0.29) is 0 Å². The monoisotopic (exact) mass is 628 g/mol. The summed E-state index contributed by atoms with van der Waals surface area (Å²) in [7, 11) is 0. The van der Waals surface area contributed by atoms with Crippen LogP contribution in [-0.2, 0) is 0 Å². The zero-order valence-corrected chi connectivity index (χ0v) is 26.8. The Kier molecular flexibility index (Phi) is 6.12. The quantitative estimate of drug-likeness (QED) is 0.177.